The topological polar surface area (TPSA) is 86.1 Å². The van der Waals surface area contributed by atoms with Gasteiger partial charge in [0.2, 0.25) is 5.91 Å². The first-order chi connectivity index (χ1) is 16.0. The Balaban J connectivity index is 1.98. The average Bonchev–Trinajstić information content (AvgIpc) is 3.13. The van der Waals surface area contributed by atoms with Gasteiger partial charge >= 0.3 is 5.97 Å². The number of hydrogen-bond donors (Lipinski definition) is 1. The highest BCUT2D eigenvalue weighted by Gasteiger charge is 2.28. The highest BCUT2D eigenvalue weighted by Crippen LogP contribution is 2.33. The predicted molar refractivity (Wildman–Crippen MR) is 130 cm³/mol. The Labute approximate surface area is 192 Å². The van der Waals surface area contributed by atoms with E-state index in [4.69, 9.17) is 14.7 Å². The number of rotatable bonds is 8. The maximum absolute atomic E-state index is 13.3. The number of ether oxygens (including phenoxy) is 1. The number of nitrogens with one attached hydrogen (secondary N) is 1. The van der Waals surface area contributed by atoms with E-state index in [0.717, 1.165) is 30.5 Å². The number of benzene rings is 2. The Morgan fingerprint density at radius 3 is 2.33 bits per heavy atom. The molecular weight excluding hydrogens is 416 g/mol. The maximum Gasteiger partial charge on any atom is 0.344 e. The quantitative estimate of drug-likeness (QED) is 0.283. The van der Waals surface area contributed by atoms with Crippen LogP contribution >= 0.6 is 0 Å². The van der Waals surface area contributed by atoms with Crippen molar-refractivity contribution in [3.8, 4) is 5.69 Å². The highest BCUT2D eigenvalue weighted by molar-refractivity contribution is 6.11. The molecule has 4 aromatic rings. The van der Waals surface area contributed by atoms with Crippen molar-refractivity contribution in [2.24, 2.45) is 0 Å². The van der Waals surface area contributed by atoms with Gasteiger partial charge in [0.05, 0.1) is 17.6 Å². The summed E-state index contributed by atoms with van der Waals surface area (Å²) in [5.74, 6) is -0.398. The number of carbonyl (C=O) groups is 2. The second-order valence-corrected chi connectivity index (χ2v) is 8.02. The van der Waals surface area contributed by atoms with Crippen molar-refractivity contribution in [1.29, 1.82) is 0 Å². The lowest BCUT2D eigenvalue weighted by Crippen LogP contribution is -2.17. The molecule has 0 aliphatic heterocycles. The van der Waals surface area contributed by atoms with Crippen molar-refractivity contribution in [2.45, 2.75) is 46.5 Å². The van der Waals surface area contributed by atoms with Gasteiger partial charge in [0.25, 0.3) is 0 Å². The van der Waals surface area contributed by atoms with E-state index in [0.29, 0.717) is 34.6 Å². The van der Waals surface area contributed by atoms with Gasteiger partial charge in [-0.1, -0.05) is 56.5 Å². The average molecular weight is 445 g/mol. The van der Waals surface area contributed by atoms with Crippen LogP contribution in [0.15, 0.2) is 48.5 Å². The Morgan fingerprint density at radius 1 is 0.970 bits per heavy atom. The fourth-order valence-electron chi connectivity index (χ4n) is 3.71. The van der Waals surface area contributed by atoms with E-state index in [1.807, 2.05) is 55.5 Å². The van der Waals surface area contributed by atoms with Crippen LogP contribution in [0.3, 0.4) is 0 Å². The van der Waals surface area contributed by atoms with Gasteiger partial charge in [-0.05, 0) is 37.6 Å². The van der Waals surface area contributed by atoms with Gasteiger partial charge in [-0.3, -0.25) is 9.36 Å². The van der Waals surface area contributed by atoms with Gasteiger partial charge in [-0.2, -0.15) is 0 Å². The number of aromatic nitrogens is 3. The van der Waals surface area contributed by atoms with Crippen molar-refractivity contribution in [2.75, 3.05) is 11.9 Å². The number of unbranched alkanes of at least 4 members (excludes halogenated alkanes) is 2. The van der Waals surface area contributed by atoms with Gasteiger partial charge in [0.15, 0.2) is 5.65 Å². The van der Waals surface area contributed by atoms with Crippen LogP contribution < -0.4 is 5.32 Å². The number of nitrogens with zero attached hydrogens (tertiary/aromatic N) is 3. The molecule has 0 saturated carbocycles. The lowest BCUT2D eigenvalue weighted by molar-refractivity contribution is -0.115. The van der Waals surface area contributed by atoms with Gasteiger partial charge in [-0.25, -0.2) is 14.8 Å². The summed E-state index contributed by atoms with van der Waals surface area (Å²) in [5.41, 5.74) is 4.35. The molecule has 2 aromatic carbocycles. The number of aryl methyl sites for hydroxylation is 1. The lowest BCUT2D eigenvalue weighted by Gasteiger charge is -2.13. The molecule has 0 bridgehead atoms. The van der Waals surface area contributed by atoms with E-state index in [1.54, 1.807) is 11.5 Å². The van der Waals surface area contributed by atoms with E-state index in [9.17, 15) is 9.59 Å². The van der Waals surface area contributed by atoms with Crippen LogP contribution in [-0.2, 0) is 9.53 Å². The van der Waals surface area contributed by atoms with Gasteiger partial charge in [-0.15, -0.1) is 0 Å². The second-order valence-electron chi connectivity index (χ2n) is 8.02. The Hall–Kier alpha value is -3.74. The smallest absolute Gasteiger partial charge is 0.344 e. The predicted octanol–water partition coefficient (Wildman–Crippen LogP) is 5.58. The zero-order valence-electron chi connectivity index (χ0n) is 19.2. The number of amides is 1. The summed E-state index contributed by atoms with van der Waals surface area (Å²) in [5, 5.41) is 2.91. The summed E-state index contributed by atoms with van der Waals surface area (Å²) >= 11 is 0. The van der Waals surface area contributed by atoms with Crippen molar-refractivity contribution in [3.63, 3.8) is 0 Å². The summed E-state index contributed by atoms with van der Waals surface area (Å²) in [6.07, 6.45) is 3.05. The third-order valence-electron chi connectivity index (χ3n) is 5.52. The van der Waals surface area contributed by atoms with E-state index in [-0.39, 0.29) is 17.9 Å². The number of carbonyl (C=O) groups excluding carboxylic acids is 2. The summed E-state index contributed by atoms with van der Waals surface area (Å²) in [6, 6.07) is 15.3. The van der Waals surface area contributed by atoms with Crippen molar-refractivity contribution >= 4 is 39.9 Å². The van der Waals surface area contributed by atoms with E-state index >= 15 is 0 Å². The number of fused-ring (bicyclic) bond motifs is 2. The normalized spacial score (nSPS) is 11.1. The monoisotopic (exact) mass is 444 g/mol. The van der Waals surface area contributed by atoms with Crippen molar-refractivity contribution in [3.05, 3.63) is 59.7 Å². The SMILES string of the molecule is CCCCCOC(=O)c1c(NC(=O)CC)n(-c2ccc(C)cc2)c2nc3ccccc3nc12. The number of hydrogen-bond acceptors (Lipinski definition) is 5. The van der Waals surface area contributed by atoms with Gasteiger partial charge in [0.1, 0.15) is 16.9 Å². The molecule has 0 atom stereocenters. The number of esters is 1. The molecule has 0 unspecified atom stereocenters. The maximum atomic E-state index is 13.3. The molecule has 0 radical (unpaired) electrons. The van der Waals surface area contributed by atoms with Crippen molar-refractivity contribution in [1.82, 2.24) is 14.5 Å². The summed E-state index contributed by atoms with van der Waals surface area (Å²) < 4.78 is 7.39. The third-order valence-corrected chi connectivity index (χ3v) is 5.52. The van der Waals surface area contributed by atoms with Crippen LogP contribution in [0.4, 0.5) is 5.82 Å². The van der Waals surface area contributed by atoms with Gasteiger partial charge < -0.3 is 10.1 Å². The summed E-state index contributed by atoms with van der Waals surface area (Å²) in [4.78, 5) is 35.4. The summed E-state index contributed by atoms with van der Waals surface area (Å²) in [6.45, 7) is 6.17. The minimum atomic E-state index is -0.516. The first-order valence-corrected chi connectivity index (χ1v) is 11.4. The highest BCUT2D eigenvalue weighted by atomic mass is 16.5. The molecule has 7 heteroatoms. The molecule has 7 nitrogen and oxygen atoms in total. The molecule has 0 aliphatic rings. The molecule has 0 saturated heterocycles. The fraction of sp³-hybridized carbons (Fsp3) is 0.308. The minimum Gasteiger partial charge on any atom is -0.462 e. The summed E-state index contributed by atoms with van der Waals surface area (Å²) in [7, 11) is 0. The zero-order valence-corrected chi connectivity index (χ0v) is 19.2. The Bertz CT molecular complexity index is 1310. The third kappa shape index (κ3) is 4.58. The molecule has 2 heterocycles. The van der Waals surface area contributed by atoms with Crippen LogP contribution in [0.2, 0.25) is 0 Å². The molecule has 0 aliphatic carbocycles. The lowest BCUT2D eigenvalue weighted by atomic mass is 10.2. The number of anilines is 1. The van der Waals surface area contributed by atoms with E-state index in [2.05, 4.69) is 12.2 Å². The molecule has 4 rings (SSSR count). The molecule has 170 valence electrons. The standard InChI is InChI=1S/C26H28N4O3/c1-4-6-9-16-33-26(32)22-23-25(28-20-11-8-7-10-19(20)27-23)30(24(22)29-21(31)5-2)18-14-12-17(3)13-15-18/h7-8,10-15H,4-6,9,16H2,1-3H3,(H,29,31). The zero-order chi connectivity index (χ0) is 23.4. The van der Waals surface area contributed by atoms with Crippen LogP contribution in [0.1, 0.15) is 55.5 Å². The molecular formula is C26H28N4O3. The second kappa shape index (κ2) is 9.81. The molecule has 2 aromatic heterocycles. The molecule has 0 fully saturated rings. The molecule has 0 spiro atoms. The Morgan fingerprint density at radius 2 is 1.67 bits per heavy atom. The molecule has 33 heavy (non-hydrogen) atoms. The van der Waals surface area contributed by atoms with Crippen LogP contribution in [0.5, 0.6) is 0 Å². The van der Waals surface area contributed by atoms with Crippen LogP contribution in [0.25, 0.3) is 27.9 Å². The van der Waals surface area contributed by atoms with Crippen LogP contribution in [0, 0.1) is 6.92 Å². The van der Waals surface area contributed by atoms with Crippen LogP contribution in [-0.4, -0.2) is 33.0 Å². The number of para-hydroxylation sites is 2. The first-order valence-electron chi connectivity index (χ1n) is 11.4. The largest absolute Gasteiger partial charge is 0.462 e. The van der Waals surface area contributed by atoms with Gasteiger partial charge in [0, 0.05) is 12.1 Å². The molecule has 1 amide bonds. The van der Waals surface area contributed by atoms with E-state index < -0.39 is 5.97 Å². The van der Waals surface area contributed by atoms with Crippen molar-refractivity contribution < 1.29 is 14.3 Å². The first kappa shape index (κ1) is 22.5. The minimum absolute atomic E-state index is 0.212. The fourth-order valence-corrected chi connectivity index (χ4v) is 3.71. The molecule has 1 N–H and O–H groups in total. The Kier molecular flexibility index (Phi) is 6.68. The van der Waals surface area contributed by atoms with E-state index in [1.165, 1.54) is 0 Å².